The highest BCUT2D eigenvalue weighted by Gasteiger charge is 2.40. The Bertz CT molecular complexity index is 2000. The lowest BCUT2D eigenvalue weighted by atomic mass is 9.90. The number of piperidine rings is 2. The quantitative estimate of drug-likeness (QED) is 0.209. The van der Waals surface area contributed by atoms with Crippen molar-refractivity contribution >= 4 is 35.5 Å². The molecule has 3 N–H and O–H groups in total. The molecule has 2 atom stereocenters. The molecule has 55 heavy (non-hydrogen) atoms. The van der Waals surface area contributed by atoms with Crippen LogP contribution in [0.5, 0.6) is 0 Å². The molecule has 0 radical (unpaired) electrons. The zero-order chi connectivity index (χ0) is 38.2. The summed E-state index contributed by atoms with van der Waals surface area (Å²) in [7, 11) is 1.84. The number of aromatic nitrogens is 2. The van der Waals surface area contributed by atoms with Crippen LogP contribution in [0.25, 0.3) is 0 Å². The molecule has 1 unspecified atom stereocenters. The minimum atomic E-state index is -0.599. The number of nitrogens with zero attached hydrogens (tertiary/aromatic N) is 7. The summed E-state index contributed by atoms with van der Waals surface area (Å²) >= 11 is 0. The summed E-state index contributed by atoms with van der Waals surface area (Å²) in [6.45, 7) is 6.41. The number of likely N-dealkylation sites (N-methyl/N-ethyl adjacent to an activating group) is 1. The lowest BCUT2D eigenvalue weighted by Crippen LogP contribution is -2.52. The molecule has 6 amide bonds. The van der Waals surface area contributed by atoms with Crippen LogP contribution in [0.3, 0.4) is 0 Å². The summed E-state index contributed by atoms with van der Waals surface area (Å²) in [4.78, 5) is 81.6. The molecule has 14 nitrogen and oxygen atoms in total. The average Bonchev–Trinajstić information content (AvgIpc) is 3.68. The minimum Gasteiger partial charge on any atom is -0.364 e. The lowest BCUT2D eigenvalue weighted by Gasteiger charge is -2.39. The van der Waals surface area contributed by atoms with Crippen LogP contribution in [-0.4, -0.2) is 124 Å². The molecular weight excluding hydrogens is 699 g/mol. The summed E-state index contributed by atoms with van der Waals surface area (Å²) < 4.78 is 0. The van der Waals surface area contributed by atoms with Crippen molar-refractivity contribution in [2.45, 2.75) is 75.9 Å². The van der Waals surface area contributed by atoms with Crippen molar-refractivity contribution in [1.29, 1.82) is 0 Å². The first kappa shape index (κ1) is 36.6. The number of imide groups is 1. The number of anilines is 1. The van der Waals surface area contributed by atoms with Crippen LogP contribution in [0.2, 0.25) is 0 Å². The first-order valence-corrected chi connectivity index (χ1v) is 19.6. The highest BCUT2D eigenvalue weighted by atomic mass is 16.2. The van der Waals surface area contributed by atoms with E-state index in [0.29, 0.717) is 48.9 Å². The molecule has 8 rings (SSSR count). The third kappa shape index (κ3) is 7.51. The van der Waals surface area contributed by atoms with Crippen LogP contribution in [-0.2, 0) is 29.0 Å². The van der Waals surface area contributed by atoms with E-state index in [1.807, 2.05) is 24.1 Å². The van der Waals surface area contributed by atoms with Gasteiger partial charge >= 0.3 is 6.03 Å². The van der Waals surface area contributed by atoms with E-state index in [0.717, 1.165) is 88.1 Å². The summed E-state index contributed by atoms with van der Waals surface area (Å²) in [5.74, 6) is -0.216. The average molecular weight is 748 g/mol. The molecule has 0 bridgehead atoms. The fourth-order valence-corrected chi connectivity index (χ4v) is 8.92. The topological polar surface area (TPSA) is 165 Å². The van der Waals surface area contributed by atoms with E-state index in [-0.39, 0.29) is 41.9 Å². The maximum atomic E-state index is 13.2. The molecule has 6 heterocycles. The lowest BCUT2D eigenvalue weighted by molar-refractivity contribution is -0.136. The van der Waals surface area contributed by atoms with Crippen LogP contribution in [0.1, 0.15) is 93.2 Å². The number of primary amides is 1. The van der Waals surface area contributed by atoms with Gasteiger partial charge in [0, 0.05) is 77.2 Å². The Kier molecular flexibility index (Phi) is 10.2. The summed E-state index contributed by atoms with van der Waals surface area (Å²) in [6, 6.07) is 14.0. The second-order valence-corrected chi connectivity index (χ2v) is 15.7. The van der Waals surface area contributed by atoms with Crippen molar-refractivity contribution in [1.82, 2.24) is 34.9 Å². The second kappa shape index (κ2) is 15.4. The molecule has 0 spiro atoms. The number of benzene rings is 2. The number of rotatable bonds is 12. The number of aryl methyl sites for hydroxylation is 1. The first-order valence-electron chi connectivity index (χ1n) is 19.6. The summed E-state index contributed by atoms with van der Waals surface area (Å²) in [5, 5.41) is 2.38. The zero-order valence-electron chi connectivity index (χ0n) is 31.4. The van der Waals surface area contributed by atoms with E-state index in [2.05, 4.69) is 50.4 Å². The number of unbranched alkanes of at least 4 members (excludes halogenated alkanes) is 1. The van der Waals surface area contributed by atoms with E-state index in [4.69, 9.17) is 10.7 Å². The van der Waals surface area contributed by atoms with E-state index in [9.17, 15) is 24.0 Å². The predicted octanol–water partition coefficient (Wildman–Crippen LogP) is 2.69. The van der Waals surface area contributed by atoms with Gasteiger partial charge in [-0.15, -0.1) is 0 Å². The van der Waals surface area contributed by atoms with Gasteiger partial charge in [0.15, 0.2) is 0 Å². The monoisotopic (exact) mass is 747 g/mol. The largest absolute Gasteiger partial charge is 0.364 e. The van der Waals surface area contributed by atoms with Gasteiger partial charge in [-0.05, 0) is 73.4 Å². The predicted molar refractivity (Wildman–Crippen MR) is 204 cm³/mol. The fourth-order valence-electron chi connectivity index (χ4n) is 8.92. The highest BCUT2D eigenvalue weighted by molar-refractivity contribution is 6.05. The van der Waals surface area contributed by atoms with Gasteiger partial charge in [-0.2, -0.15) is 0 Å². The normalized spacial score (nSPS) is 22.0. The third-order valence-corrected chi connectivity index (χ3v) is 12.1. The van der Waals surface area contributed by atoms with Gasteiger partial charge in [-0.25, -0.2) is 14.8 Å². The first-order chi connectivity index (χ1) is 26.6. The van der Waals surface area contributed by atoms with Gasteiger partial charge in [-0.3, -0.25) is 24.5 Å². The maximum absolute atomic E-state index is 13.2. The molecular formula is C41H49N9O5. The minimum absolute atomic E-state index is 0.0756. The number of nitrogens with one attached hydrogen (secondary N) is 1. The number of hydrogen-bond acceptors (Lipinski definition) is 9. The van der Waals surface area contributed by atoms with E-state index < -0.39 is 11.9 Å². The number of hydrogen-bond donors (Lipinski definition) is 2. The number of carbonyl (C=O) groups excluding carboxylic acids is 5. The number of nitrogens with two attached hydrogens (primary N) is 1. The molecule has 14 heteroatoms. The Labute approximate surface area is 321 Å². The Hall–Kier alpha value is -5.37. The number of amides is 6. The van der Waals surface area contributed by atoms with Crippen molar-refractivity contribution in [3.8, 4) is 0 Å². The van der Waals surface area contributed by atoms with Crippen LogP contribution in [0.4, 0.5) is 10.6 Å². The van der Waals surface area contributed by atoms with Gasteiger partial charge < -0.3 is 30.2 Å². The molecule has 2 aromatic carbocycles. The summed E-state index contributed by atoms with van der Waals surface area (Å²) in [5.41, 5.74) is 11.6. The van der Waals surface area contributed by atoms with E-state index >= 15 is 0 Å². The maximum Gasteiger partial charge on any atom is 0.320 e. The van der Waals surface area contributed by atoms with Crippen molar-refractivity contribution in [2.75, 3.05) is 57.8 Å². The number of fused-ring (bicyclic) bond motifs is 1. The van der Waals surface area contributed by atoms with E-state index in [1.54, 1.807) is 16.0 Å². The van der Waals surface area contributed by atoms with Crippen molar-refractivity contribution in [2.24, 2.45) is 5.73 Å². The van der Waals surface area contributed by atoms with Gasteiger partial charge in [0.2, 0.25) is 11.8 Å². The second-order valence-electron chi connectivity index (χ2n) is 15.7. The standard InChI is InChI=1S/C41H49N9O5/c1-46-18-19-49(41(46)55)30-8-5-17-48(24-30)35-21-43-37(38(42)52)33(44-35)20-26-10-12-27(13-11-26)29-22-47(23-29)16-3-2-6-28-7-4-9-31-32(28)25-50(40(31)54)34-14-15-36(51)45-39(34)53/h4,7,9-13,21,29-30,34H,2-3,5-6,8,14-20,22-25H2,1H3,(H2,42,52)(H,45,51,53)/t30-,34?/m1/s1. The number of likely N-dealkylation sites (tertiary alicyclic amines) is 1. The molecule has 3 aromatic rings. The van der Waals surface area contributed by atoms with Crippen LogP contribution >= 0.6 is 0 Å². The van der Waals surface area contributed by atoms with E-state index in [1.165, 1.54) is 5.56 Å². The molecule has 0 aliphatic carbocycles. The number of carbonyl (C=O) groups is 5. The Morgan fingerprint density at radius 3 is 2.51 bits per heavy atom. The fraction of sp³-hybridized carbons (Fsp3) is 0.488. The molecule has 5 aliphatic heterocycles. The van der Waals surface area contributed by atoms with Gasteiger partial charge in [0.25, 0.3) is 11.8 Å². The Balaban J connectivity index is 0.814. The molecule has 5 aliphatic rings. The van der Waals surface area contributed by atoms with Crippen LogP contribution < -0.4 is 16.0 Å². The van der Waals surface area contributed by atoms with Crippen molar-refractivity contribution < 1.29 is 24.0 Å². The number of urea groups is 1. The van der Waals surface area contributed by atoms with Crippen molar-refractivity contribution in [3.05, 3.63) is 87.9 Å². The van der Waals surface area contributed by atoms with Crippen molar-refractivity contribution in [3.63, 3.8) is 0 Å². The SMILES string of the molecule is CN1CCN([C@@H]2CCCN(c3cnc(C(N)=O)c(Cc4ccc(C5CN(CCCCc6cccc7c6CN(C6CCC(=O)NC6=O)C7=O)C5)cc4)n3)C2)C1=O. The molecule has 4 fully saturated rings. The Morgan fingerprint density at radius 2 is 1.76 bits per heavy atom. The molecule has 288 valence electrons. The highest BCUT2D eigenvalue weighted by Crippen LogP contribution is 2.32. The third-order valence-electron chi connectivity index (χ3n) is 12.1. The van der Waals surface area contributed by atoms with Crippen LogP contribution in [0, 0.1) is 0 Å². The van der Waals surface area contributed by atoms with Gasteiger partial charge in [-0.1, -0.05) is 36.4 Å². The van der Waals surface area contributed by atoms with Gasteiger partial charge in [0.05, 0.1) is 17.9 Å². The van der Waals surface area contributed by atoms with Crippen LogP contribution in [0.15, 0.2) is 48.7 Å². The smallest absolute Gasteiger partial charge is 0.320 e. The summed E-state index contributed by atoms with van der Waals surface area (Å²) in [6.07, 6.45) is 7.51. The molecule has 1 aromatic heterocycles. The van der Waals surface area contributed by atoms with Gasteiger partial charge in [0.1, 0.15) is 17.6 Å². The zero-order valence-corrected chi connectivity index (χ0v) is 31.4. The Morgan fingerprint density at radius 1 is 0.945 bits per heavy atom. The molecule has 0 saturated carbocycles. The molecule has 4 saturated heterocycles.